The van der Waals surface area contributed by atoms with E-state index in [1.54, 1.807) is 6.07 Å². The van der Waals surface area contributed by atoms with Crippen LogP contribution in [0.1, 0.15) is 21.5 Å². The molecule has 1 nitrogen and oxygen atoms in total. The zero-order valence-electron chi connectivity index (χ0n) is 9.61. The smallest absolute Gasteiger partial charge is 0.167 e. The van der Waals surface area contributed by atoms with E-state index in [2.05, 4.69) is 0 Å². The predicted octanol–water partition coefficient (Wildman–Crippen LogP) is 3.56. The summed E-state index contributed by atoms with van der Waals surface area (Å²) in [7, 11) is 0. The molecule has 0 saturated heterocycles. The van der Waals surface area contributed by atoms with Crippen molar-refractivity contribution in [3.05, 3.63) is 71.0 Å². The standard InChI is InChI=1S/C15H13FO/c1-11-7-8-13(16)10-14(11)15(17)9-12-5-3-2-4-6-12/h2-8,10H,9H2,1H3. The topological polar surface area (TPSA) is 17.1 Å². The molecule has 2 aromatic rings. The van der Waals surface area contributed by atoms with E-state index >= 15 is 0 Å². The lowest BCUT2D eigenvalue weighted by atomic mass is 9.99. The molecule has 17 heavy (non-hydrogen) atoms. The second kappa shape index (κ2) is 4.91. The number of hydrogen-bond acceptors (Lipinski definition) is 1. The molecule has 86 valence electrons. The molecule has 0 heterocycles. The van der Waals surface area contributed by atoms with Crippen LogP contribution in [0.15, 0.2) is 48.5 Å². The van der Waals surface area contributed by atoms with Crippen molar-refractivity contribution in [2.45, 2.75) is 13.3 Å². The van der Waals surface area contributed by atoms with Gasteiger partial charge in [-0.05, 0) is 30.2 Å². The first-order valence-electron chi connectivity index (χ1n) is 5.50. The van der Waals surface area contributed by atoms with Crippen molar-refractivity contribution < 1.29 is 9.18 Å². The van der Waals surface area contributed by atoms with Crippen LogP contribution in [0.2, 0.25) is 0 Å². The first-order chi connectivity index (χ1) is 8.16. The van der Waals surface area contributed by atoms with E-state index in [9.17, 15) is 9.18 Å². The van der Waals surface area contributed by atoms with Gasteiger partial charge in [0.1, 0.15) is 5.82 Å². The third-order valence-corrected chi connectivity index (χ3v) is 2.71. The van der Waals surface area contributed by atoms with Gasteiger partial charge in [0.2, 0.25) is 0 Å². The summed E-state index contributed by atoms with van der Waals surface area (Å²) in [5.41, 5.74) is 2.22. The average molecular weight is 228 g/mol. The molecule has 0 amide bonds. The fourth-order valence-corrected chi connectivity index (χ4v) is 1.77. The lowest BCUT2D eigenvalue weighted by molar-refractivity contribution is 0.0992. The SMILES string of the molecule is Cc1ccc(F)cc1C(=O)Cc1ccccc1. The summed E-state index contributed by atoms with van der Waals surface area (Å²) < 4.78 is 13.1. The zero-order valence-corrected chi connectivity index (χ0v) is 9.61. The Hall–Kier alpha value is -1.96. The molecule has 0 aliphatic carbocycles. The van der Waals surface area contributed by atoms with Gasteiger partial charge in [-0.1, -0.05) is 36.4 Å². The maximum absolute atomic E-state index is 13.1. The van der Waals surface area contributed by atoms with Gasteiger partial charge in [-0.15, -0.1) is 0 Å². The minimum absolute atomic E-state index is 0.0480. The van der Waals surface area contributed by atoms with E-state index in [1.807, 2.05) is 37.3 Å². The highest BCUT2D eigenvalue weighted by Crippen LogP contribution is 2.13. The average Bonchev–Trinajstić information content (AvgIpc) is 2.33. The molecule has 0 radical (unpaired) electrons. The first-order valence-corrected chi connectivity index (χ1v) is 5.50. The van der Waals surface area contributed by atoms with Gasteiger partial charge >= 0.3 is 0 Å². The van der Waals surface area contributed by atoms with E-state index in [4.69, 9.17) is 0 Å². The molecule has 0 saturated carbocycles. The van der Waals surface area contributed by atoms with E-state index in [0.717, 1.165) is 11.1 Å². The normalized spacial score (nSPS) is 10.2. The highest BCUT2D eigenvalue weighted by molar-refractivity contribution is 5.98. The van der Waals surface area contributed by atoms with Crippen LogP contribution in [0.5, 0.6) is 0 Å². The van der Waals surface area contributed by atoms with Gasteiger partial charge in [0.15, 0.2) is 5.78 Å². The number of Topliss-reactive ketones (excluding diaryl/α,β-unsaturated/α-hetero) is 1. The van der Waals surface area contributed by atoms with Crippen molar-refractivity contribution >= 4 is 5.78 Å². The predicted molar refractivity (Wildman–Crippen MR) is 65.6 cm³/mol. The molecule has 0 fully saturated rings. The fraction of sp³-hybridized carbons (Fsp3) is 0.133. The van der Waals surface area contributed by atoms with Crippen LogP contribution >= 0.6 is 0 Å². The molecule has 0 spiro atoms. The Morgan fingerprint density at radius 2 is 1.82 bits per heavy atom. The largest absolute Gasteiger partial charge is 0.294 e. The molecule has 0 aromatic heterocycles. The van der Waals surface area contributed by atoms with Crippen molar-refractivity contribution in [1.82, 2.24) is 0 Å². The van der Waals surface area contributed by atoms with Crippen LogP contribution in [-0.4, -0.2) is 5.78 Å². The summed E-state index contributed by atoms with van der Waals surface area (Å²) in [6.07, 6.45) is 0.311. The quantitative estimate of drug-likeness (QED) is 0.734. The molecule has 0 aliphatic rings. The number of carbonyl (C=O) groups excluding carboxylic acids is 1. The summed E-state index contributed by atoms with van der Waals surface area (Å²) in [5, 5.41) is 0. The van der Waals surface area contributed by atoms with Crippen LogP contribution in [0.25, 0.3) is 0 Å². The van der Waals surface area contributed by atoms with Crippen molar-refractivity contribution in [2.75, 3.05) is 0 Å². The Morgan fingerprint density at radius 1 is 1.12 bits per heavy atom. The second-order valence-electron chi connectivity index (χ2n) is 4.04. The Morgan fingerprint density at radius 3 is 2.53 bits per heavy atom. The molecule has 2 heteroatoms. The summed E-state index contributed by atoms with van der Waals surface area (Å²) >= 11 is 0. The molecule has 0 bridgehead atoms. The fourth-order valence-electron chi connectivity index (χ4n) is 1.77. The van der Waals surface area contributed by atoms with Gasteiger partial charge in [-0.25, -0.2) is 4.39 Å². The molecule has 0 atom stereocenters. The van der Waals surface area contributed by atoms with Gasteiger partial charge in [0.05, 0.1) is 0 Å². The Kier molecular flexibility index (Phi) is 3.33. The molecular formula is C15H13FO. The van der Waals surface area contributed by atoms with Crippen molar-refractivity contribution in [2.24, 2.45) is 0 Å². The number of halogens is 1. The van der Waals surface area contributed by atoms with Crippen LogP contribution in [0, 0.1) is 12.7 Å². The van der Waals surface area contributed by atoms with E-state index in [0.29, 0.717) is 12.0 Å². The summed E-state index contributed by atoms with van der Waals surface area (Å²) in [6, 6.07) is 13.8. The van der Waals surface area contributed by atoms with E-state index in [-0.39, 0.29) is 11.6 Å². The highest BCUT2D eigenvalue weighted by Gasteiger charge is 2.10. The molecule has 0 N–H and O–H groups in total. The van der Waals surface area contributed by atoms with Crippen molar-refractivity contribution in [3.63, 3.8) is 0 Å². The minimum Gasteiger partial charge on any atom is -0.294 e. The van der Waals surface area contributed by atoms with E-state index in [1.165, 1.54) is 12.1 Å². The minimum atomic E-state index is -0.369. The summed E-state index contributed by atoms with van der Waals surface area (Å²) in [4.78, 5) is 12.0. The highest BCUT2D eigenvalue weighted by atomic mass is 19.1. The number of hydrogen-bond donors (Lipinski definition) is 0. The lowest BCUT2D eigenvalue weighted by Gasteiger charge is -2.05. The van der Waals surface area contributed by atoms with Gasteiger partial charge in [-0.3, -0.25) is 4.79 Å². The number of rotatable bonds is 3. The van der Waals surface area contributed by atoms with Crippen molar-refractivity contribution in [1.29, 1.82) is 0 Å². The third kappa shape index (κ3) is 2.78. The van der Waals surface area contributed by atoms with Gasteiger partial charge in [0, 0.05) is 12.0 Å². The van der Waals surface area contributed by atoms with Crippen LogP contribution in [0.3, 0.4) is 0 Å². The number of benzene rings is 2. The summed E-state index contributed by atoms with van der Waals surface area (Å²) in [5.74, 6) is -0.416. The summed E-state index contributed by atoms with van der Waals surface area (Å²) in [6.45, 7) is 1.82. The Labute approximate surface area is 99.9 Å². The van der Waals surface area contributed by atoms with Gasteiger partial charge in [0.25, 0.3) is 0 Å². The monoisotopic (exact) mass is 228 g/mol. The Bertz CT molecular complexity index is 532. The van der Waals surface area contributed by atoms with Crippen LogP contribution < -0.4 is 0 Å². The van der Waals surface area contributed by atoms with E-state index < -0.39 is 0 Å². The lowest BCUT2D eigenvalue weighted by Crippen LogP contribution is -2.06. The first kappa shape index (κ1) is 11.5. The third-order valence-electron chi connectivity index (χ3n) is 2.71. The van der Waals surface area contributed by atoms with Crippen molar-refractivity contribution in [3.8, 4) is 0 Å². The molecular weight excluding hydrogens is 215 g/mol. The Balaban J connectivity index is 2.23. The zero-order chi connectivity index (χ0) is 12.3. The van der Waals surface area contributed by atoms with Crippen LogP contribution in [-0.2, 0) is 6.42 Å². The maximum Gasteiger partial charge on any atom is 0.167 e. The molecule has 0 aliphatic heterocycles. The molecule has 2 aromatic carbocycles. The molecule has 0 unspecified atom stereocenters. The second-order valence-corrected chi connectivity index (χ2v) is 4.04. The molecule has 2 rings (SSSR count). The van der Waals surface area contributed by atoms with Gasteiger partial charge < -0.3 is 0 Å². The number of ketones is 1. The number of carbonyl (C=O) groups is 1. The van der Waals surface area contributed by atoms with Gasteiger partial charge in [-0.2, -0.15) is 0 Å². The van der Waals surface area contributed by atoms with Crippen LogP contribution in [0.4, 0.5) is 4.39 Å². The maximum atomic E-state index is 13.1. The number of aryl methyl sites for hydroxylation is 1.